The lowest BCUT2D eigenvalue weighted by Gasteiger charge is -2.01. The number of nitrogens with zero attached hydrogens (tertiary/aromatic N) is 1. The molecule has 3 heteroatoms. The quantitative estimate of drug-likeness (QED) is 0.808. The van der Waals surface area contributed by atoms with Crippen molar-refractivity contribution in [1.29, 1.82) is 5.26 Å². The second-order valence-corrected chi connectivity index (χ2v) is 2.61. The average Bonchev–Trinajstić information content (AvgIpc) is 2.37. The molecule has 0 heterocycles. The molecule has 0 aromatic heterocycles. The number of aromatic hydroxyl groups is 1. The molecule has 1 atom stereocenters. The summed E-state index contributed by atoms with van der Waals surface area (Å²) in [6, 6.07) is 8.16. The first-order valence-corrected chi connectivity index (χ1v) is 5.65. The van der Waals surface area contributed by atoms with E-state index in [-0.39, 0.29) is 5.75 Å². The standard InChI is InChI=1S/C9H10N2O.2C2H6/c10-6-8(11)5-7-1-3-9(12)4-2-7;2*1-2/h1-4,8,12H,5,11H2;2*1-2H3. The van der Waals surface area contributed by atoms with Crippen molar-refractivity contribution >= 4 is 0 Å². The van der Waals surface area contributed by atoms with E-state index >= 15 is 0 Å². The van der Waals surface area contributed by atoms with Crippen LogP contribution in [0, 0.1) is 11.3 Å². The zero-order valence-corrected chi connectivity index (χ0v) is 10.6. The first-order chi connectivity index (χ1) is 7.72. The molecule has 0 aliphatic rings. The lowest BCUT2D eigenvalue weighted by molar-refractivity contribution is 0.475. The topological polar surface area (TPSA) is 70.0 Å². The van der Waals surface area contributed by atoms with Crippen molar-refractivity contribution in [2.45, 2.75) is 40.2 Å². The highest BCUT2D eigenvalue weighted by Crippen LogP contribution is 2.10. The molecule has 0 bridgehead atoms. The van der Waals surface area contributed by atoms with Crippen LogP contribution in [0.1, 0.15) is 33.3 Å². The number of rotatable bonds is 2. The zero-order chi connectivity index (χ0) is 13.0. The van der Waals surface area contributed by atoms with Crippen molar-refractivity contribution in [3.05, 3.63) is 29.8 Å². The van der Waals surface area contributed by atoms with Crippen molar-refractivity contribution in [2.24, 2.45) is 5.73 Å². The van der Waals surface area contributed by atoms with Crippen molar-refractivity contribution in [3.63, 3.8) is 0 Å². The lowest BCUT2D eigenvalue weighted by atomic mass is 10.1. The minimum atomic E-state index is -0.463. The summed E-state index contributed by atoms with van der Waals surface area (Å²) in [5, 5.41) is 17.4. The molecule has 0 spiro atoms. The van der Waals surface area contributed by atoms with Gasteiger partial charge in [0.15, 0.2) is 0 Å². The van der Waals surface area contributed by atoms with Crippen molar-refractivity contribution in [3.8, 4) is 11.8 Å². The van der Waals surface area contributed by atoms with Gasteiger partial charge in [0.25, 0.3) is 0 Å². The molecule has 0 saturated heterocycles. The monoisotopic (exact) mass is 222 g/mol. The molecule has 3 nitrogen and oxygen atoms in total. The van der Waals surface area contributed by atoms with Gasteiger partial charge in [-0.15, -0.1) is 0 Å². The Morgan fingerprint density at radius 3 is 2.00 bits per heavy atom. The SMILES string of the molecule is CC.CC.N#CC(N)Cc1ccc(O)cc1. The smallest absolute Gasteiger partial charge is 0.115 e. The Balaban J connectivity index is 0. The molecule has 0 radical (unpaired) electrons. The second-order valence-electron chi connectivity index (χ2n) is 2.61. The third-order valence-corrected chi connectivity index (χ3v) is 1.56. The van der Waals surface area contributed by atoms with E-state index in [4.69, 9.17) is 16.1 Å². The maximum absolute atomic E-state index is 8.95. The van der Waals surface area contributed by atoms with Gasteiger partial charge in [-0.2, -0.15) is 5.26 Å². The van der Waals surface area contributed by atoms with E-state index in [1.54, 1.807) is 24.3 Å². The van der Waals surface area contributed by atoms with E-state index in [9.17, 15) is 0 Å². The largest absolute Gasteiger partial charge is 0.508 e. The minimum absolute atomic E-state index is 0.226. The molecule has 0 amide bonds. The normalized spacial score (nSPS) is 9.75. The van der Waals surface area contributed by atoms with Crippen LogP contribution in [0.2, 0.25) is 0 Å². The number of phenols is 1. The Morgan fingerprint density at radius 1 is 1.19 bits per heavy atom. The van der Waals surface area contributed by atoms with Crippen molar-refractivity contribution < 1.29 is 5.11 Å². The molecule has 1 rings (SSSR count). The van der Waals surface area contributed by atoms with Crippen LogP contribution in [-0.2, 0) is 6.42 Å². The maximum atomic E-state index is 8.95. The third-order valence-electron chi connectivity index (χ3n) is 1.56. The molecule has 90 valence electrons. The van der Waals surface area contributed by atoms with Gasteiger partial charge in [0.1, 0.15) is 5.75 Å². The summed E-state index contributed by atoms with van der Waals surface area (Å²) in [6.07, 6.45) is 0.525. The van der Waals surface area contributed by atoms with Crippen LogP contribution in [0.4, 0.5) is 0 Å². The Bertz CT molecular complexity index is 288. The number of nitriles is 1. The van der Waals surface area contributed by atoms with Crippen LogP contribution in [0.3, 0.4) is 0 Å². The number of hydrogen-bond acceptors (Lipinski definition) is 3. The summed E-state index contributed by atoms with van der Waals surface area (Å²) in [6.45, 7) is 8.00. The third kappa shape index (κ3) is 7.84. The molecule has 1 aromatic carbocycles. The van der Waals surface area contributed by atoms with E-state index in [1.807, 2.05) is 33.8 Å². The number of benzene rings is 1. The molecule has 0 fully saturated rings. The fourth-order valence-electron chi connectivity index (χ4n) is 0.932. The predicted octanol–water partition coefficient (Wildman–Crippen LogP) is 2.84. The molecular weight excluding hydrogens is 200 g/mol. The molecule has 1 aromatic rings. The molecule has 0 aliphatic heterocycles. The highest BCUT2D eigenvalue weighted by molar-refractivity contribution is 5.26. The fraction of sp³-hybridized carbons (Fsp3) is 0.462. The van der Waals surface area contributed by atoms with Crippen molar-refractivity contribution in [2.75, 3.05) is 0 Å². The Hall–Kier alpha value is -1.53. The number of phenolic OH excluding ortho intramolecular Hbond substituents is 1. The Labute approximate surface area is 98.5 Å². The second kappa shape index (κ2) is 11.5. The van der Waals surface area contributed by atoms with Gasteiger partial charge in [0.2, 0.25) is 0 Å². The van der Waals surface area contributed by atoms with Crippen LogP contribution in [-0.4, -0.2) is 11.1 Å². The van der Waals surface area contributed by atoms with Crippen LogP contribution in [0.5, 0.6) is 5.75 Å². The van der Waals surface area contributed by atoms with Crippen LogP contribution in [0.15, 0.2) is 24.3 Å². The molecule has 1 unspecified atom stereocenters. The van der Waals surface area contributed by atoms with Gasteiger partial charge < -0.3 is 10.8 Å². The summed E-state index contributed by atoms with van der Waals surface area (Å²) < 4.78 is 0. The van der Waals surface area contributed by atoms with Gasteiger partial charge in [-0.25, -0.2) is 0 Å². The van der Waals surface area contributed by atoms with E-state index < -0.39 is 6.04 Å². The van der Waals surface area contributed by atoms with Gasteiger partial charge in [-0.05, 0) is 17.7 Å². The lowest BCUT2D eigenvalue weighted by Crippen LogP contribution is -2.19. The first kappa shape index (κ1) is 16.9. The molecule has 16 heavy (non-hydrogen) atoms. The van der Waals surface area contributed by atoms with Crippen molar-refractivity contribution in [1.82, 2.24) is 0 Å². The predicted molar refractivity (Wildman–Crippen MR) is 68.1 cm³/mol. The van der Waals surface area contributed by atoms with E-state index in [0.717, 1.165) is 5.56 Å². The number of hydrogen-bond donors (Lipinski definition) is 2. The molecular formula is C13H22N2O. The van der Waals surface area contributed by atoms with Crippen LogP contribution < -0.4 is 5.73 Å². The summed E-state index contributed by atoms with van der Waals surface area (Å²) in [7, 11) is 0. The van der Waals surface area contributed by atoms with Gasteiger partial charge in [-0.3, -0.25) is 0 Å². The zero-order valence-electron chi connectivity index (χ0n) is 10.6. The first-order valence-electron chi connectivity index (χ1n) is 5.65. The van der Waals surface area contributed by atoms with Gasteiger partial charge in [0, 0.05) is 6.42 Å². The highest BCUT2D eigenvalue weighted by Gasteiger charge is 2.00. The van der Waals surface area contributed by atoms with Crippen LogP contribution >= 0.6 is 0 Å². The van der Waals surface area contributed by atoms with E-state index in [2.05, 4.69) is 0 Å². The summed E-state index contributed by atoms with van der Waals surface area (Å²) in [5.41, 5.74) is 6.38. The summed E-state index contributed by atoms with van der Waals surface area (Å²) in [4.78, 5) is 0. The minimum Gasteiger partial charge on any atom is -0.508 e. The summed E-state index contributed by atoms with van der Waals surface area (Å²) in [5.74, 6) is 0.226. The summed E-state index contributed by atoms with van der Waals surface area (Å²) >= 11 is 0. The maximum Gasteiger partial charge on any atom is 0.115 e. The molecule has 0 aliphatic carbocycles. The van der Waals surface area contributed by atoms with E-state index in [0.29, 0.717) is 6.42 Å². The van der Waals surface area contributed by atoms with E-state index in [1.165, 1.54) is 0 Å². The Morgan fingerprint density at radius 2 is 1.62 bits per heavy atom. The molecule has 0 saturated carbocycles. The Kier molecular flexibility index (Phi) is 12.2. The van der Waals surface area contributed by atoms with Gasteiger partial charge in [0.05, 0.1) is 12.1 Å². The molecule has 3 N–H and O–H groups in total. The van der Waals surface area contributed by atoms with Gasteiger partial charge >= 0.3 is 0 Å². The van der Waals surface area contributed by atoms with Gasteiger partial charge in [-0.1, -0.05) is 39.8 Å². The number of nitrogens with two attached hydrogens (primary N) is 1. The average molecular weight is 222 g/mol. The van der Waals surface area contributed by atoms with Crippen LogP contribution in [0.25, 0.3) is 0 Å². The highest BCUT2D eigenvalue weighted by atomic mass is 16.3. The fourth-order valence-corrected chi connectivity index (χ4v) is 0.932.